The maximum absolute atomic E-state index is 14.4. The smallest absolute Gasteiger partial charge is 0.264 e. The Hall–Kier alpha value is -3.66. The minimum Gasteiger partial charge on any atom is -0.354 e. The molecule has 0 spiro atoms. The zero-order chi connectivity index (χ0) is 31.7. The van der Waals surface area contributed by atoms with Crippen molar-refractivity contribution in [3.8, 4) is 0 Å². The number of amides is 2. The molecular formula is C34H35BrClN3O4S. The first-order valence-electron chi connectivity index (χ1n) is 14.3. The van der Waals surface area contributed by atoms with E-state index in [9.17, 15) is 18.0 Å². The molecule has 0 bridgehead atoms. The van der Waals surface area contributed by atoms with Crippen LogP contribution >= 0.6 is 27.5 Å². The number of halogens is 2. The number of carbonyl (C=O) groups is 2. The first-order valence-corrected chi connectivity index (χ1v) is 16.9. The van der Waals surface area contributed by atoms with Crippen LogP contribution in [-0.4, -0.2) is 44.3 Å². The summed E-state index contributed by atoms with van der Waals surface area (Å²) < 4.78 is 29.9. The van der Waals surface area contributed by atoms with Crippen molar-refractivity contribution in [2.75, 3.05) is 17.4 Å². The van der Waals surface area contributed by atoms with Gasteiger partial charge in [0.05, 0.1) is 10.6 Å². The molecule has 1 N–H and O–H groups in total. The van der Waals surface area contributed by atoms with E-state index < -0.39 is 28.5 Å². The van der Waals surface area contributed by atoms with Gasteiger partial charge in [-0.15, -0.1) is 0 Å². The third kappa shape index (κ3) is 8.71. The highest BCUT2D eigenvalue weighted by molar-refractivity contribution is 9.10. The molecule has 0 aliphatic rings. The summed E-state index contributed by atoms with van der Waals surface area (Å²) >= 11 is 9.57. The highest BCUT2D eigenvalue weighted by Crippen LogP contribution is 2.27. The molecule has 0 saturated carbocycles. The molecule has 0 fully saturated rings. The van der Waals surface area contributed by atoms with Crippen LogP contribution in [-0.2, 0) is 32.6 Å². The Morgan fingerprint density at radius 3 is 2.20 bits per heavy atom. The molecule has 0 unspecified atom stereocenters. The molecule has 0 radical (unpaired) electrons. The van der Waals surface area contributed by atoms with Gasteiger partial charge < -0.3 is 10.2 Å². The number of aryl methyl sites for hydroxylation is 1. The molecule has 0 aromatic heterocycles. The number of anilines is 1. The Kier molecular flexibility index (Phi) is 11.6. The molecule has 0 heterocycles. The summed E-state index contributed by atoms with van der Waals surface area (Å²) in [5.74, 6) is -0.836. The number of nitrogens with zero attached hydrogens (tertiary/aromatic N) is 2. The number of rotatable bonds is 13. The fourth-order valence-electron chi connectivity index (χ4n) is 4.70. The Balaban J connectivity index is 1.79. The van der Waals surface area contributed by atoms with Crippen molar-refractivity contribution in [1.29, 1.82) is 0 Å². The lowest BCUT2D eigenvalue weighted by molar-refractivity contribution is -0.140. The van der Waals surface area contributed by atoms with Gasteiger partial charge in [0.25, 0.3) is 10.0 Å². The van der Waals surface area contributed by atoms with Gasteiger partial charge in [-0.2, -0.15) is 0 Å². The van der Waals surface area contributed by atoms with Crippen molar-refractivity contribution < 1.29 is 18.0 Å². The van der Waals surface area contributed by atoms with E-state index in [1.54, 1.807) is 60.7 Å². The lowest BCUT2D eigenvalue weighted by Crippen LogP contribution is -2.53. The van der Waals surface area contributed by atoms with Gasteiger partial charge in [0.15, 0.2) is 0 Å². The predicted octanol–water partition coefficient (Wildman–Crippen LogP) is 6.77. The summed E-state index contributed by atoms with van der Waals surface area (Å²) in [6.07, 6.45) is 0.970. The molecule has 230 valence electrons. The van der Waals surface area contributed by atoms with Crippen LogP contribution in [0.2, 0.25) is 5.02 Å². The summed E-state index contributed by atoms with van der Waals surface area (Å²) in [6, 6.07) is 28.9. The van der Waals surface area contributed by atoms with Crippen LogP contribution in [0.1, 0.15) is 30.0 Å². The molecule has 4 aromatic carbocycles. The third-order valence-electron chi connectivity index (χ3n) is 7.07. The van der Waals surface area contributed by atoms with Crippen LogP contribution in [0.25, 0.3) is 0 Å². The molecule has 4 rings (SSSR count). The third-order valence-corrected chi connectivity index (χ3v) is 9.60. The van der Waals surface area contributed by atoms with Crippen LogP contribution < -0.4 is 9.62 Å². The summed E-state index contributed by atoms with van der Waals surface area (Å²) in [4.78, 5) is 29.6. The maximum atomic E-state index is 14.4. The number of hydrogen-bond acceptors (Lipinski definition) is 4. The number of hydrogen-bond donors (Lipinski definition) is 1. The van der Waals surface area contributed by atoms with Gasteiger partial charge in [0.1, 0.15) is 12.6 Å². The standard InChI is InChI=1S/C34H35BrClN3O4S/c1-3-20-37-34(41)32(21-26-8-5-4-6-9-26)38(23-27-14-16-29(36)17-15-27)33(40)24-39(30-11-7-10-28(35)22-30)44(42,43)31-18-12-25(2)13-19-31/h4-19,22,32H,3,20-21,23-24H2,1-2H3,(H,37,41)/t32-/m1/s1. The topological polar surface area (TPSA) is 86.8 Å². The lowest BCUT2D eigenvalue weighted by atomic mass is 10.0. The minimum absolute atomic E-state index is 0.0571. The highest BCUT2D eigenvalue weighted by atomic mass is 79.9. The SMILES string of the molecule is CCCNC(=O)[C@@H](Cc1ccccc1)N(Cc1ccc(Cl)cc1)C(=O)CN(c1cccc(Br)c1)S(=O)(=O)c1ccc(C)cc1. The zero-order valence-corrected chi connectivity index (χ0v) is 27.8. The number of nitrogens with one attached hydrogen (secondary N) is 1. The van der Waals surface area contributed by atoms with Crippen molar-refractivity contribution in [1.82, 2.24) is 10.2 Å². The minimum atomic E-state index is -4.17. The molecule has 0 aliphatic carbocycles. The van der Waals surface area contributed by atoms with Crippen LogP contribution in [0, 0.1) is 6.92 Å². The lowest BCUT2D eigenvalue weighted by Gasteiger charge is -2.34. The highest BCUT2D eigenvalue weighted by Gasteiger charge is 2.34. The van der Waals surface area contributed by atoms with Crippen molar-refractivity contribution in [3.05, 3.63) is 129 Å². The fraction of sp³-hybridized carbons (Fsp3) is 0.235. The molecule has 44 heavy (non-hydrogen) atoms. The van der Waals surface area contributed by atoms with Crippen LogP contribution in [0.3, 0.4) is 0 Å². The van der Waals surface area contributed by atoms with Crippen LogP contribution in [0.5, 0.6) is 0 Å². The summed E-state index contributed by atoms with van der Waals surface area (Å²) in [5, 5.41) is 3.48. The van der Waals surface area contributed by atoms with Gasteiger partial charge in [-0.1, -0.05) is 101 Å². The van der Waals surface area contributed by atoms with Crippen LogP contribution in [0.15, 0.2) is 112 Å². The second-order valence-electron chi connectivity index (χ2n) is 10.4. The molecule has 7 nitrogen and oxygen atoms in total. The van der Waals surface area contributed by atoms with E-state index in [1.165, 1.54) is 17.0 Å². The van der Waals surface area contributed by atoms with Gasteiger partial charge in [-0.25, -0.2) is 8.42 Å². The van der Waals surface area contributed by atoms with Gasteiger partial charge in [0.2, 0.25) is 11.8 Å². The first-order chi connectivity index (χ1) is 21.1. The second kappa shape index (κ2) is 15.4. The molecule has 10 heteroatoms. The van der Waals surface area contributed by atoms with E-state index in [1.807, 2.05) is 44.2 Å². The molecule has 0 saturated heterocycles. The van der Waals surface area contributed by atoms with Gasteiger partial charge in [-0.05, 0) is 66.9 Å². The maximum Gasteiger partial charge on any atom is 0.264 e. The first kappa shape index (κ1) is 33.2. The summed E-state index contributed by atoms with van der Waals surface area (Å²) in [6.45, 7) is 3.82. The van der Waals surface area contributed by atoms with E-state index in [4.69, 9.17) is 11.6 Å². The molecule has 4 aromatic rings. The van der Waals surface area contributed by atoms with E-state index in [0.29, 0.717) is 21.7 Å². The summed E-state index contributed by atoms with van der Waals surface area (Å²) in [7, 11) is -4.17. The van der Waals surface area contributed by atoms with E-state index in [-0.39, 0.29) is 23.8 Å². The Morgan fingerprint density at radius 1 is 0.886 bits per heavy atom. The molecule has 0 aliphatic heterocycles. The predicted molar refractivity (Wildman–Crippen MR) is 179 cm³/mol. The van der Waals surface area contributed by atoms with E-state index in [2.05, 4.69) is 21.2 Å². The van der Waals surface area contributed by atoms with E-state index >= 15 is 0 Å². The number of carbonyl (C=O) groups excluding carboxylic acids is 2. The monoisotopic (exact) mass is 695 g/mol. The largest absolute Gasteiger partial charge is 0.354 e. The van der Waals surface area contributed by atoms with Gasteiger partial charge >= 0.3 is 0 Å². The fourth-order valence-corrected chi connectivity index (χ4v) is 6.62. The Morgan fingerprint density at radius 2 is 1.57 bits per heavy atom. The molecule has 1 atom stereocenters. The molecule has 2 amide bonds. The van der Waals surface area contributed by atoms with Crippen molar-refractivity contribution >= 4 is 55.1 Å². The van der Waals surface area contributed by atoms with E-state index in [0.717, 1.165) is 27.4 Å². The Labute approximate surface area is 273 Å². The average Bonchev–Trinajstić information content (AvgIpc) is 3.01. The van der Waals surface area contributed by atoms with Crippen LogP contribution in [0.4, 0.5) is 5.69 Å². The van der Waals surface area contributed by atoms with Gasteiger partial charge in [0, 0.05) is 29.0 Å². The second-order valence-corrected chi connectivity index (χ2v) is 13.7. The quantitative estimate of drug-likeness (QED) is 0.167. The zero-order valence-electron chi connectivity index (χ0n) is 24.6. The normalized spacial score (nSPS) is 11.9. The van der Waals surface area contributed by atoms with Crippen molar-refractivity contribution in [2.45, 2.75) is 44.2 Å². The number of benzene rings is 4. The number of sulfonamides is 1. The Bertz CT molecular complexity index is 1670. The molecular weight excluding hydrogens is 662 g/mol. The van der Waals surface area contributed by atoms with Crippen molar-refractivity contribution in [2.24, 2.45) is 0 Å². The summed E-state index contributed by atoms with van der Waals surface area (Å²) in [5.41, 5.74) is 2.84. The average molecular weight is 697 g/mol. The van der Waals surface area contributed by atoms with Crippen molar-refractivity contribution in [3.63, 3.8) is 0 Å². The van der Waals surface area contributed by atoms with Gasteiger partial charge in [-0.3, -0.25) is 13.9 Å².